The maximum Gasteiger partial charge on any atom is 0.412 e. The van der Waals surface area contributed by atoms with Crippen LogP contribution in [0.25, 0.3) is 10.9 Å². The number of hydrogen-bond acceptors (Lipinski definition) is 3. The van der Waals surface area contributed by atoms with Gasteiger partial charge < -0.3 is 4.74 Å². The smallest absolute Gasteiger partial charge is 0.412 e. The van der Waals surface area contributed by atoms with Gasteiger partial charge in [-0.05, 0) is 48.8 Å². The highest BCUT2D eigenvalue weighted by atomic mass is 79.9. The van der Waals surface area contributed by atoms with Gasteiger partial charge in [-0.25, -0.2) is 4.79 Å². The zero-order chi connectivity index (χ0) is 13.3. The summed E-state index contributed by atoms with van der Waals surface area (Å²) in [6.45, 7) is 5.46. The summed E-state index contributed by atoms with van der Waals surface area (Å²) in [7, 11) is 0. The first-order chi connectivity index (χ1) is 8.35. The quantitative estimate of drug-likeness (QED) is 0.844. The number of aromatic amines is 1. The number of nitrogens with one attached hydrogen (secondary N) is 2. The molecule has 2 rings (SSSR count). The van der Waals surface area contributed by atoms with Crippen LogP contribution in [0.3, 0.4) is 0 Å². The van der Waals surface area contributed by atoms with E-state index < -0.39 is 11.7 Å². The van der Waals surface area contributed by atoms with Crippen LogP contribution in [0.4, 0.5) is 10.5 Å². The number of benzene rings is 1. The molecule has 5 nitrogen and oxygen atoms in total. The summed E-state index contributed by atoms with van der Waals surface area (Å²) in [5.74, 6) is 0. The molecule has 0 aliphatic rings. The summed E-state index contributed by atoms with van der Waals surface area (Å²) in [5.41, 5.74) is 0.975. The van der Waals surface area contributed by atoms with Crippen LogP contribution in [-0.4, -0.2) is 21.9 Å². The number of nitrogens with zero attached hydrogens (tertiary/aromatic N) is 1. The second-order valence-corrected chi connectivity index (χ2v) is 5.77. The first-order valence-electron chi connectivity index (χ1n) is 5.48. The van der Waals surface area contributed by atoms with E-state index in [1.54, 1.807) is 12.3 Å². The highest BCUT2D eigenvalue weighted by Gasteiger charge is 2.16. The molecule has 1 aromatic carbocycles. The van der Waals surface area contributed by atoms with Crippen LogP contribution in [0.15, 0.2) is 22.8 Å². The third-order valence-electron chi connectivity index (χ3n) is 2.15. The van der Waals surface area contributed by atoms with E-state index in [4.69, 9.17) is 4.74 Å². The Morgan fingerprint density at radius 2 is 2.17 bits per heavy atom. The van der Waals surface area contributed by atoms with Crippen molar-refractivity contribution in [3.05, 3.63) is 22.8 Å². The standard InChI is InChI=1S/C12H14BrN3O2/c1-12(2,3)18-11(17)15-7-4-9(13)8-6-14-16-10(8)5-7/h4-6H,1-3H3,(H,14,16)(H,15,17). The molecule has 2 N–H and O–H groups in total. The zero-order valence-corrected chi connectivity index (χ0v) is 12.0. The molecule has 0 fully saturated rings. The molecule has 0 saturated heterocycles. The summed E-state index contributed by atoms with van der Waals surface area (Å²) in [5, 5.41) is 10.4. The van der Waals surface area contributed by atoms with E-state index in [0.29, 0.717) is 5.69 Å². The molecule has 0 aliphatic carbocycles. The lowest BCUT2D eigenvalue weighted by atomic mass is 10.2. The second-order valence-electron chi connectivity index (χ2n) is 4.92. The molecule has 1 heterocycles. The molecule has 0 atom stereocenters. The molecule has 0 saturated carbocycles. The lowest BCUT2D eigenvalue weighted by Crippen LogP contribution is -2.27. The van der Waals surface area contributed by atoms with Crippen LogP contribution >= 0.6 is 15.9 Å². The van der Waals surface area contributed by atoms with E-state index >= 15 is 0 Å². The molecule has 96 valence electrons. The van der Waals surface area contributed by atoms with Gasteiger partial charge in [0.15, 0.2) is 0 Å². The van der Waals surface area contributed by atoms with Gasteiger partial charge in [0.05, 0.1) is 11.7 Å². The molecule has 0 radical (unpaired) electrons. The topological polar surface area (TPSA) is 67.0 Å². The Hall–Kier alpha value is -1.56. The SMILES string of the molecule is CC(C)(C)OC(=O)Nc1cc(Br)c2cn[nH]c2c1. The van der Waals surface area contributed by atoms with Gasteiger partial charge in [0.1, 0.15) is 5.60 Å². The largest absolute Gasteiger partial charge is 0.444 e. The number of rotatable bonds is 1. The average Bonchev–Trinajstić information content (AvgIpc) is 2.62. The number of carbonyl (C=O) groups excluding carboxylic acids is 1. The highest BCUT2D eigenvalue weighted by molar-refractivity contribution is 9.10. The van der Waals surface area contributed by atoms with Crippen molar-refractivity contribution in [1.82, 2.24) is 10.2 Å². The van der Waals surface area contributed by atoms with E-state index in [1.165, 1.54) is 0 Å². The Balaban J connectivity index is 2.19. The number of halogens is 1. The van der Waals surface area contributed by atoms with Crippen LogP contribution in [0.5, 0.6) is 0 Å². The van der Waals surface area contributed by atoms with Gasteiger partial charge in [0.2, 0.25) is 0 Å². The molecule has 0 bridgehead atoms. The monoisotopic (exact) mass is 311 g/mol. The van der Waals surface area contributed by atoms with Gasteiger partial charge in [-0.1, -0.05) is 0 Å². The molecule has 0 aliphatic heterocycles. The summed E-state index contributed by atoms with van der Waals surface area (Å²) >= 11 is 3.43. The number of aromatic nitrogens is 2. The van der Waals surface area contributed by atoms with E-state index in [1.807, 2.05) is 26.8 Å². The minimum Gasteiger partial charge on any atom is -0.444 e. The third kappa shape index (κ3) is 3.01. The van der Waals surface area contributed by atoms with Crippen molar-refractivity contribution in [2.24, 2.45) is 0 Å². The van der Waals surface area contributed by atoms with Crippen molar-refractivity contribution >= 4 is 38.6 Å². The number of ether oxygens (including phenoxy) is 1. The Morgan fingerprint density at radius 1 is 1.44 bits per heavy atom. The van der Waals surface area contributed by atoms with Crippen LogP contribution in [0, 0.1) is 0 Å². The van der Waals surface area contributed by atoms with E-state index in [0.717, 1.165) is 15.4 Å². The molecular formula is C12H14BrN3O2. The number of hydrogen-bond donors (Lipinski definition) is 2. The highest BCUT2D eigenvalue weighted by Crippen LogP contribution is 2.26. The predicted octanol–water partition coefficient (Wildman–Crippen LogP) is 3.67. The van der Waals surface area contributed by atoms with Gasteiger partial charge in [-0.2, -0.15) is 5.10 Å². The van der Waals surface area contributed by atoms with Crippen molar-refractivity contribution in [3.63, 3.8) is 0 Å². The Kier molecular flexibility index (Phi) is 3.30. The van der Waals surface area contributed by atoms with E-state index in [9.17, 15) is 4.79 Å². The maximum absolute atomic E-state index is 11.6. The molecule has 2 aromatic rings. The normalized spacial score (nSPS) is 11.6. The fourth-order valence-corrected chi connectivity index (χ4v) is 2.06. The van der Waals surface area contributed by atoms with E-state index in [-0.39, 0.29) is 0 Å². The molecular weight excluding hydrogens is 298 g/mol. The summed E-state index contributed by atoms with van der Waals surface area (Å²) in [6, 6.07) is 3.61. The van der Waals surface area contributed by atoms with Crippen molar-refractivity contribution in [1.29, 1.82) is 0 Å². The Bertz CT molecular complexity index is 587. The van der Waals surface area contributed by atoms with Crippen LogP contribution in [0.2, 0.25) is 0 Å². The molecule has 0 unspecified atom stereocenters. The van der Waals surface area contributed by atoms with Crippen LogP contribution in [0.1, 0.15) is 20.8 Å². The van der Waals surface area contributed by atoms with Crippen molar-refractivity contribution in [2.45, 2.75) is 26.4 Å². The first-order valence-corrected chi connectivity index (χ1v) is 6.27. The number of amides is 1. The summed E-state index contributed by atoms with van der Waals surface area (Å²) < 4.78 is 6.04. The minimum absolute atomic E-state index is 0.478. The fraction of sp³-hybridized carbons (Fsp3) is 0.333. The molecule has 18 heavy (non-hydrogen) atoms. The average molecular weight is 312 g/mol. The minimum atomic E-state index is -0.514. The first kappa shape index (κ1) is 12.9. The van der Waals surface area contributed by atoms with Gasteiger partial charge >= 0.3 is 6.09 Å². The van der Waals surface area contributed by atoms with Gasteiger partial charge in [-0.15, -0.1) is 0 Å². The fourth-order valence-electron chi connectivity index (χ4n) is 1.50. The lowest BCUT2D eigenvalue weighted by Gasteiger charge is -2.19. The summed E-state index contributed by atoms with van der Waals surface area (Å²) in [6.07, 6.45) is 1.24. The number of carbonyl (C=O) groups is 1. The van der Waals surface area contributed by atoms with Crippen molar-refractivity contribution < 1.29 is 9.53 Å². The lowest BCUT2D eigenvalue weighted by molar-refractivity contribution is 0.0636. The number of H-pyrrole nitrogens is 1. The maximum atomic E-state index is 11.6. The molecule has 1 amide bonds. The second kappa shape index (κ2) is 4.61. The molecule has 6 heteroatoms. The third-order valence-corrected chi connectivity index (χ3v) is 2.81. The summed E-state index contributed by atoms with van der Waals surface area (Å²) in [4.78, 5) is 11.6. The Labute approximate surface area is 113 Å². The van der Waals surface area contributed by atoms with Gasteiger partial charge in [0, 0.05) is 15.5 Å². The van der Waals surface area contributed by atoms with Crippen LogP contribution < -0.4 is 5.32 Å². The number of fused-ring (bicyclic) bond motifs is 1. The zero-order valence-electron chi connectivity index (χ0n) is 10.4. The van der Waals surface area contributed by atoms with Gasteiger partial charge in [0.25, 0.3) is 0 Å². The van der Waals surface area contributed by atoms with Crippen molar-refractivity contribution in [3.8, 4) is 0 Å². The van der Waals surface area contributed by atoms with Gasteiger partial charge in [-0.3, -0.25) is 10.4 Å². The Morgan fingerprint density at radius 3 is 2.83 bits per heavy atom. The van der Waals surface area contributed by atoms with Crippen LogP contribution in [-0.2, 0) is 4.74 Å². The molecule has 0 spiro atoms. The van der Waals surface area contributed by atoms with Crippen molar-refractivity contribution in [2.75, 3.05) is 5.32 Å². The van der Waals surface area contributed by atoms with E-state index in [2.05, 4.69) is 31.4 Å². The predicted molar refractivity (Wildman–Crippen MR) is 73.7 cm³/mol. The number of anilines is 1. The molecule has 1 aromatic heterocycles.